The van der Waals surface area contributed by atoms with Gasteiger partial charge in [-0.1, -0.05) is 25.5 Å². The second-order valence-electron chi connectivity index (χ2n) is 6.37. The van der Waals surface area contributed by atoms with Gasteiger partial charge in [-0.15, -0.1) is 0 Å². The number of hydrogen-bond acceptors (Lipinski definition) is 2. The van der Waals surface area contributed by atoms with E-state index in [-0.39, 0.29) is 11.5 Å². The van der Waals surface area contributed by atoms with E-state index in [0.717, 1.165) is 50.9 Å². The van der Waals surface area contributed by atoms with Crippen molar-refractivity contribution >= 4 is 5.91 Å². The summed E-state index contributed by atoms with van der Waals surface area (Å²) in [6.07, 6.45) is 6.55. The molecule has 0 N–H and O–H groups in total. The average Bonchev–Trinajstić information content (AvgIpc) is 2.97. The molecular formula is C18H25NO2. The first-order chi connectivity index (χ1) is 10.2. The Hall–Kier alpha value is -1.35. The summed E-state index contributed by atoms with van der Waals surface area (Å²) in [5.74, 6) is 0.172. The molecule has 114 valence electrons. The molecular weight excluding hydrogens is 262 g/mol. The highest BCUT2D eigenvalue weighted by Crippen LogP contribution is 2.35. The number of aryl methyl sites for hydroxylation is 1. The highest BCUT2D eigenvalue weighted by Gasteiger charge is 2.39. The van der Waals surface area contributed by atoms with Gasteiger partial charge in [0.25, 0.3) is 5.91 Å². The van der Waals surface area contributed by atoms with Crippen LogP contribution in [-0.2, 0) is 11.2 Å². The smallest absolute Gasteiger partial charge is 0.253 e. The highest BCUT2D eigenvalue weighted by molar-refractivity contribution is 5.94. The fourth-order valence-electron chi connectivity index (χ4n) is 3.55. The molecule has 3 rings (SSSR count). The summed E-state index contributed by atoms with van der Waals surface area (Å²) >= 11 is 0. The van der Waals surface area contributed by atoms with Crippen LogP contribution in [0.4, 0.5) is 0 Å². The fourth-order valence-corrected chi connectivity index (χ4v) is 3.55. The SMILES string of the molecule is CCCc1ccc(C(=O)N2CCC3(CCCO3)CC2)cc1. The predicted molar refractivity (Wildman–Crippen MR) is 83.5 cm³/mol. The van der Waals surface area contributed by atoms with Crippen LogP contribution in [-0.4, -0.2) is 36.1 Å². The second kappa shape index (κ2) is 6.18. The Balaban J connectivity index is 1.60. The van der Waals surface area contributed by atoms with Crippen LogP contribution in [0.15, 0.2) is 24.3 Å². The first-order valence-electron chi connectivity index (χ1n) is 8.25. The van der Waals surface area contributed by atoms with E-state index >= 15 is 0 Å². The monoisotopic (exact) mass is 287 g/mol. The molecule has 0 radical (unpaired) electrons. The lowest BCUT2D eigenvalue weighted by Crippen LogP contribution is -2.46. The molecule has 2 saturated heterocycles. The molecule has 0 aromatic heterocycles. The van der Waals surface area contributed by atoms with E-state index in [0.29, 0.717) is 0 Å². The summed E-state index contributed by atoms with van der Waals surface area (Å²) in [7, 11) is 0. The van der Waals surface area contributed by atoms with Gasteiger partial charge in [-0.05, 0) is 49.8 Å². The van der Waals surface area contributed by atoms with Gasteiger partial charge in [0, 0.05) is 25.3 Å². The molecule has 1 amide bonds. The zero-order valence-corrected chi connectivity index (χ0v) is 12.9. The maximum absolute atomic E-state index is 12.6. The molecule has 0 atom stereocenters. The lowest BCUT2D eigenvalue weighted by Gasteiger charge is -2.38. The van der Waals surface area contributed by atoms with E-state index in [9.17, 15) is 4.79 Å². The van der Waals surface area contributed by atoms with Crippen molar-refractivity contribution in [3.8, 4) is 0 Å². The van der Waals surface area contributed by atoms with Gasteiger partial charge < -0.3 is 9.64 Å². The number of ether oxygens (including phenoxy) is 1. The first kappa shape index (κ1) is 14.6. The van der Waals surface area contributed by atoms with Gasteiger partial charge in [0.05, 0.1) is 5.60 Å². The summed E-state index contributed by atoms with van der Waals surface area (Å²) in [6.45, 7) is 4.73. The van der Waals surface area contributed by atoms with Gasteiger partial charge in [0.1, 0.15) is 0 Å². The van der Waals surface area contributed by atoms with Gasteiger partial charge >= 0.3 is 0 Å². The van der Waals surface area contributed by atoms with Crippen LogP contribution >= 0.6 is 0 Å². The van der Waals surface area contributed by atoms with E-state index in [1.807, 2.05) is 17.0 Å². The molecule has 21 heavy (non-hydrogen) atoms. The Labute approximate surface area is 127 Å². The van der Waals surface area contributed by atoms with Crippen LogP contribution < -0.4 is 0 Å². The van der Waals surface area contributed by atoms with E-state index < -0.39 is 0 Å². The molecule has 0 aliphatic carbocycles. The Bertz CT molecular complexity index is 478. The van der Waals surface area contributed by atoms with E-state index in [1.54, 1.807) is 0 Å². The maximum atomic E-state index is 12.6. The number of amides is 1. The summed E-state index contributed by atoms with van der Waals surface area (Å²) in [4.78, 5) is 14.5. The third-order valence-corrected chi connectivity index (χ3v) is 4.89. The molecule has 2 heterocycles. The number of likely N-dealkylation sites (tertiary alicyclic amines) is 1. The zero-order valence-electron chi connectivity index (χ0n) is 12.9. The minimum atomic E-state index is 0.0851. The van der Waals surface area contributed by atoms with Crippen molar-refractivity contribution in [1.29, 1.82) is 0 Å². The number of carbonyl (C=O) groups excluding carboxylic acids is 1. The molecule has 3 heteroatoms. The molecule has 2 fully saturated rings. The molecule has 2 aliphatic rings. The quantitative estimate of drug-likeness (QED) is 0.852. The van der Waals surface area contributed by atoms with Gasteiger partial charge in [-0.3, -0.25) is 4.79 Å². The van der Waals surface area contributed by atoms with Crippen molar-refractivity contribution in [2.24, 2.45) is 0 Å². The average molecular weight is 287 g/mol. The fraction of sp³-hybridized carbons (Fsp3) is 0.611. The molecule has 0 saturated carbocycles. The number of carbonyl (C=O) groups is 1. The molecule has 2 aliphatic heterocycles. The Kier molecular flexibility index (Phi) is 4.29. The van der Waals surface area contributed by atoms with Crippen molar-refractivity contribution in [3.63, 3.8) is 0 Å². The van der Waals surface area contributed by atoms with E-state index in [4.69, 9.17) is 4.74 Å². The third-order valence-electron chi connectivity index (χ3n) is 4.89. The number of hydrogen-bond donors (Lipinski definition) is 0. The number of nitrogens with zero attached hydrogens (tertiary/aromatic N) is 1. The van der Waals surface area contributed by atoms with Crippen molar-refractivity contribution in [2.75, 3.05) is 19.7 Å². The van der Waals surface area contributed by atoms with Crippen molar-refractivity contribution in [1.82, 2.24) is 4.90 Å². The number of rotatable bonds is 3. The van der Waals surface area contributed by atoms with Crippen LogP contribution in [0.1, 0.15) is 54.9 Å². The second-order valence-corrected chi connectivity index (χ2v) is 6.37. The predicted octanol–water partition coefficient (Wildman–Crippen LogP) is 3.42. The Morgan fingerprint density at radius 3 is 2.48 bits per heavy atom. The van der Waals surface area contributed by atoms with E-state index in [2.05, 4.69) is 19.1 Å². The van der Waals surface area contributed by atoms with Gasteiger partial charge in [-0.25, -0.2) is 0 Å². The topological polar surface area (TPSA) is 29.5 Å². The Morgan fingerprint density at radius 1 is 1.19 bits per heavy atom. The minimum absolute atomic E-state index is 0.0851. The lowest BCUT2D eigenvalue weighted by molar-refractivity contribution is -0.0387. The van der Waals surface area contributed by atoms with Crippen LogP contribution in [0.25, 0.3) is 0 Å². The van der Waals surface area contributed by atoms with Crippen LogP contribution in [0.5, 0.6) is 0 Å². The molecule has 3 nitrogen and oxygen atoms in total. The van der Waals surface area contributed by atoms with Crippen LogP contribution in [0.3, 0.4) is 0 Å². The van der Waals surface area contributed by atoms with Gasteiger partial charge in [0.15, 0.2) is 0 Å². The zero-order chi connectivity index (χ0) is 14.7. The van der Waals surface area contributed by atoms with Crippen LogP contribution in [0.2, 0.25) is 0 Å². The largest absolute Gasteiger partial charge is 0.375 e. The summed E-state index contributed by atoms with van der Waals surface area (Å²) in [5.41, 5.74) is 2.21. The van der Waals surface area contributed by atoms with Crippen molar-refractivity contribution in [2.45, 2.75) is 51.0 Å². The van der Waals surface area contributed by atoms with Gasteiger partial charge in [0.2, 0.25) is 0 Å². The van der Waals surface area contributed by atoms with E-state index in [1.165, 1.54) is 18.4 Å². The summed E-state index contributed by atoms with van der Waals surface area (Å²) in [5, 5.41) is 0. The molecule has 1 aromatic rings. The van der Waals surface area contributed by atoms with Crippen LogP contribution in [0, 0.1) is 0 Å². The third kappa shape index (κ3) is 3.13. The normalized spacial score (nSPS) is 20.9. The first-order valence-corrected chi connectivity index (χ1v) is 8.25. The number of piperidine rings is 1. The van der Waals surface area contributed by atoms with Crippen molar-refractivity contribution < 1.29 is 9.53 Å². The molecule has 0 unspecified atom stereocenters. The summed E-state index contributed by atoms with van der Waals surface area (Å²) < 4.78 is 5.92. The summed E-state index contributed by atoms with van der Waals surface area (Å²) in [6, 6.07) is 8.12. The number of benzene rings is 1. The van der Waals surface area contributed by atoms with Crippen molar-refractivity contribution in [3.05, 3.63) is 35.4 Å². The lowest BCUT2D eigenvalue weighted by atomic mass is 9.88. The molecule has 1 spiro atoms. The molecule has 0 bridgehead atoms. The maximum Gasteiger partial charge on any atom is 0.253 e. The highest BCUT2D eigenvalue weighted by atomic mass is 16.5. The minimum Gasteiger partial charge on any atom is -0.375 e. The standard InChI is InChI=1S/C18H25NO2/c1-2-4-15-5-7-16(8-6-15)17(20)19-12-10-18(11-13-19)9-3-14-21-18/h5-8H,2-4,9-14H2,1H3. The van der Waals surface area contributed by atoms with Gasteiger partial charge in [-0.2, -0.15) is 0 Å². The molecule has 1 aromatic carbocycles. The Morgan fingerprint density at radius 2 is 1.90 bits per heavy atom.